The van der Waals surface area contributed by atoms with E-state index in [-0.39, 0.29) is 22.9 Å². The second-order valence-electron chi connectivity index (χ2n) is 9.96. The lowest BCUT2D eigenvalue weighted by Crippen LogP contribution is -2.79. The highest BCUT2D eigenvalue weighted by Crippen LogP contribution is 2.74. The van der Waals surface area contributed by atoms with Gasteiger partial charge < -0.3 is 19.1 Å². The summed E-state index contributed by atoms with van der Waals surface area (Å²) in [6.45, 7) is 3.11. The van der Waals surface area contributed by atoms with Crippen LogP contribution in [0.1, 0.15) is 43.7 Å². The molecule has 1 saturated heterocycles. The van der Waals surface area contributed by atoms with E-state index in [2.05, 4.69) is 37.1 Å². The first-order valence-electron chi connectivity index (χ1n) is 11.3. The maximum Gasteiger partial charge on any atom is 0.166 e. The number of likely N-dealkylation sites (N-methyl/N-ethyl adjacent to an activating group) is 1. The minimum absolute atomic E-state index is 0.108. The van der Waals surface area contributed by atoms with Crippen LogP contribution < -0.4 is 9.47 Å². The van der Waals surface area contributed by atoms with E-state index in [1.165, 1.54) is 11.1 Å². The van der Waals surface area contributed by atoms with Crippen molar-refractivity contribution in [2.24, 2.45) is 11.3 Å². The molecule has 5 nitrogen and oxygen atoms in total. The Balaban J connectivity index is 1.65. The van der Waals surface area contributed by atoms with Gasteiger partial charge in [-0.15, -0.1) is 0 Å². The number of hydrogen-bond acceptors (Lipinski definition) is 5. The van der Waals surface area contributed by atoms with Crippen LogP contribution in [0.2, 0.25) is 0 Å². The molecular weight excluding hydrogens is 378 g/mol. The average Bonchev–Trinajstić information content (AvgIpc) is 3.13. The number of hydrogen-bond donors (Lipinski definition) is 0. The van der Waals surface area contributed by atoms with Crippen LogP contribution in [0.15, 0.2) is 24.3 Å². The topological polar surface area (TPSA) is 48.0 Å². The Bertz CT molecular complexity index is 972. The number of nitrogens with zero attached hydrogens (tertiary/aromatic N) is 1. The molecule has 2 aliphatic heterocycles. The lowest BCUT2D eigenvalue weighted by atomic mass is 9.37. The third-order valence-corrected chi connectivity index (χ3v) is 9.16. The van der Waals surface area contributed by atoms with Crippen molar-refractivity contribution in [2.75, 3.05) is 27.8 Å². The summed E-state index contributed by atoms with van der Waals surface area (Å²) in [6, 6.07) is 4.65. The normalized spacial score (nSPS) is 42.1. The summed E-state index contributed by atoms with van der Waals surface area (Å²) in [5.74, 6) is 1.84. The largest absolute Gasteiger partial charge is 0.493 e. The van der Waals surface area contributed by atoms with Gasteiger partial charge in [-0.25, -0.2) is 0 Å². The molecule has 6 atom stereocenters. The van der Waals surface area contributed by atoms with Crippen molar-refractivity contribution in [1.82, 2.24) is 4.90 Å². The smallest absolute Gasteiger partial charge is 0.166 e. The molecule has 0 unspecified atom stereocenters. The fourth-order valence-electron chi connectivity index (χ4n) is 7.99. The predicted octanol–water partition coefficient (Wildman–Crippen LogP) is 3.28. The van der Waals surface area contributed by atoms with Crippen LogP contribution in [0.4, 0.5) is 0 Å². The van der Waals surface area contributed by atoms with E-state index in [1.807, 2.05) is 6.07 Å². The minimum atomic E-state index is -0.715. The highest BCUT2D eigenvalue weighted by Gasteiger charge is 2.79. The Labute approximate surface area is 178 Å². The van der Waals surface area contributed by atoms with Gasteiger partial charge in [-0.2, -0.15) is 0 Å². The van der Waals surface area contributed by atoms with E-state index in [4.69, 9.17) is 14.2 Å². The molecule has 7 rings (SSSR count). The molecule has 160 valence electrons. The number of likely N-dealkylation sites (tertiary alicyclic amines) is 1. The molecule has 6 aliphatic rings. The molecule has 2 heterocycles. The molecule has 30 heavy (non-hydrogen) atoms. The maximum absolute atomic E-state index is 13.4. The van der Waals surface area contributed by atoms with Crippen molar-refractivity contribution in [3.63, 3.8) is 0 Å². The van der Waals surface area contributed by atoms with Gasteiger partial charge >= 0.3 is 0 Å². The predicted molar refractivity (Wildman–Crippen MR) is 113 cm³/mol. The monoisotopic (exact) mass is 409 g/mol. The molecule has 0 radical (unpaired) electrons. The van der Waals surface area contributed by atoms with E-state index in [1.54, 1.807) is 14.2 Å². The third kappa shape index (κ3) is 1.79. The Morgan fingerprint density at radius 3 is 2.87 bits per heavy atom. The van der Waals surface area contributed by atoms with E-state index in [9.17, 15) is 4.79 Å². The first-order valence-corrected chi connectivity index (χ1v) is 11.3. The Hall–Kier alpha value is -1.85. The van der Waals surface area contributed by atoms with Crippen LogP contribution in [0.3, 0.4) is 0 Å². The number of fused-ring (bicyclic) bond motifs is 1. The highest BCUT2D eigenvalue weighted by molar-refractivity contribution is 5.84. The van der Waals surface area contributed by atoms with Gasteiger partial charge in [-0.05, 0) is 50.9 Å². The molecule has 2 fully saturated rings. The van der Waals surface area contributed by atoms with Crippen LogP contribution >= 0.6 is 0 Å². The van der Waals surface area contributed by atoms with Crippen molar-refractivity contribution < 1.29 is 19.0 Å². The lowest BCUT2D eigenvalue weighted by molar-refractivity contribution is -0.213. The van der Waals surface area contributed by atoms with E-state index in [0.29, 0.717) is 18.2 Å². The van der Waals surface area contributed by atoms with Crippen molar-refractivity contribution >= 4 is 5.78 Å². The van der Waals surface area contributed by atoms with Crippen LogP contribution in [-0.2, 0) is 21.4 Å². The Morgan fingerprint density at radius 2 is 2.13 bits per heavy atom. The van der Waals surface area contributed by atoms with Crippen molar-refractivity contribution in [2.45, 2.75) is 62.2 Å². The molecule has 5 heteroatoms. The van der Waals surface area contributed by atoms with Crippen molar-refractivity contribution in [3.05, 3.63) is 35.4 Å². The maximum atomic E-state index is 13.4. The second-order valence-corrected chi connectivity index (χ2v) is 9.96. The molecule has 0 N–H and O–H groups in total. The van der Waals surface area contributed by atoms with Gasteiger partial charge in [0.15, 0.2) is 11.5 Å². The van der Waals surface area contributed by atoms with Gasteiger partial charge in [0.1, 0.15) is 17.5 Å². The van der Waals surface area contributed by atoms with Gasteiger partial charge in [0.25, 0.3) is 0 Å². The molecule has 0 amide bonds. The third-order valence-electron chi connectivity index (χ3n) is 9.16. The molecule has 4 bridgehead atoms. The molecule has 4 aliphatic carbocycles. The second kappa shape index (κ2) is 5.89. The summed E-state index contributed by atoms with van der Waals surface area (Å²) >= 11 is 0. The van der Waals surface area contributed by atoms with Crippen LogP contribution in [0, 0.1) is 11.3 Å². The van der Waals surface area contributed by atoms with Gasteiger partial charge in [-0.3, -0.25) is 4.79 Å². The number of Topliss-reactive ketones (excluding diaryl/α,β-unsaturated/α-hetero) is 1. The number of methoxy groups -OCH3 is 2. The zero-order valence-electron chi connectivity index (χ0n) is 18.4. The number of carbonyl (C=O) groups is 1. The number of carbonyl (C=O) groups excluding carboxylic acids is 1. The zero-order chi connectivity index (χ0) is 20.9. The number of benzene rings is 1. The SMILES string of the molecule is CCCC(=O)[C@H]1C[C@@]23C=C[C@]1(OC)[C@@H]1Oc4c(OC)ccc5c4[C@@]12CCN(C)[C@@H]3C5. The summed E-state index contributed by atoms with van der Waals surface area (Å²) in [5, 5.41) is 0. The molecule has 1 aromatic carbocycles. The molecular formula is C25H31NO4. The van der Waals surface area contributed by atoms with Crippen LogP contribution in [0.5, 0.6) is 11.5 Å². The average molecular weight is 410 g/mol. The van der Waals surface area contributed by atoms with Gasteiger partial charge in [0.2, 0.25) is 0 Å². The molecule has 0 aromatic heterocycles. The van der Waals surface area contributed by atoms with E-state index < -0.39 is 5.60 Å². The van der Waals surface area contributed by atoms with Crippen LogP contribution in [-0.4, -0.2) is 56.2 Å². The van der Waals surface area contributed by atoms with Gasteiger partial charge in [0.05, 0.1) is 18.4 Å². The Kier molecular flexibility index (Phi) is 3.71. The van der Waals surface area contributed by atoms with Crippen molar-refractivity contribution in [3.8, 4) is 11.5 Å². The molecule has 1 aromatic rings. The Morgan fingerprint density at radius 1 is 1.30 bits per heavy atom. The van der Waals surface area contributed by atoms with Crippen LogP contribution in [0.25, 0.3) is 0 Å². The summed E-state index contributed by atoms with van der Waals surface area (Å²) in [6.07, 6.45) is 8.74. The zero-order valence-corrected chi connectivity index (χ0v) is 18.4. The lowest BCUT2D eigenvalue weighted by Gasteiger charge is -2.70. The van der Waals surface area contributed by atoms with Gasteiger partial charge in [0, 0.05) is 30.6 Å². The minimum Gasteiger partial charge on any atom is -0.493 e. The fraction of sp³-hybridized carbons (Fsp3) is 0.640. The highest BCUT2D eigenvalue weighted by atomic mass is 16.6. The summed E-state index contributed by atoms with van der Waals surface area (Å²) in [7, 11) is 5.71. The quantitative estimate of drug-likeness (QED) is 0.699. The fourth-order valence-corrected chi connectivity index (χ4v) is 7.99. The summed E-state index contributed by atoms with van der Waals surface area (Å²) in [5.41, 5.74) is 1.73. The molecule has 2 spiro atoms. The first kappa shape index (κ1) is 18.9. The van der Waals surface area contributed by atoms with Crippen molar-refractivity contribution in [1.29, 1.82) is 0 Å². The molecule has 1 saturated carbocycles. The number of piperidine rings is 1. The summed E-state index contributed by atoms with van der Waals surface area (Å²) in [4.78, 5) is 15.9. The number of ketones is 1. The number of rotatable bonds is 5. The van der Waals surface area contributed by atoms with E-state index in [0.717, 1.165) is 43.7 Å². The standard InChI is InChI=1S/C25H31NO4/c1-5-6-17(27)16-14-23-9-10-25(16,29-4)22-24(23)11-12-26(2)19(23)13-15-7-8-18(28-3)21(30-22)20(15)24/h7-10,16,19,22H,5-6,11-14H2,1-4H3/t16-,19-,22-,23-,24+,25-/m1/s1. The first-order chi connectivity index (χ1) is 14.5. The summed E-state index contributed by atoms with van der Waals surface area (Å²) < 4.78 is 18.9. The van der Waals surface area contributed by atoms with Gasteiger partial charge in [-0.1, -0.05) is 25.1 Å². The number of ether oxygens (including phenoxy) is 3. The van der Waals surface area contributed by atoms with E-state index >= 15 is 0 Å².